The third-order valence-electron chi connectivity index (χ3n) is 3.51. The van der Waals surface area contributed by atoms with Crippen molar-refractivity contribution in [3.8, 4) is 0 Å². The minimum atomic E-state index is -1.01. The van der Waals surface area contributed by atoms with Gasteiger partial charge in [0.15, 0.2) is 0 Å². The second-order valence-corrected chi connectivity index (χ2v) is 5.88. The zero-order valence-electron chi connectivity index (χ0n) is 11.3. The molecule has 1 aromatic rings. The molecule has 3 rings (SSSR count). The zero-order chi connectivity index (χ0) is 14.9. The maximum absolute atomic E-state index is 9.32. The number of hydrogen-bond acceptors (Lipinski definition) is 5. The second kappa shape index (κ2) is 6.02. The van der Waals surface area contributed by atoms with Crippen molar-refractivity contribution in [3.63, 3.8) is 0 Å². The molecule has 21 heavy (non-hydrogen) atoms. The SMILES string of the molecule is OC[C@@H]1CO[C@@](CN2C=CNC2)(c2ccc(Cl)cc2Cl)O1. The van der Waals surface area contributed by atoms with Crippen LogP contribution < -0.4 is 5.32 Å². The van der Waals surface area contributed by atoms with Crippen LogP contribution in [0.25, 0.3) is 0 Å². The summed E-state index contributed by atoms with van der Waals surface area (Å²) in [4.78, 5) is 2.02. The van der Waals surface area contributed by atoms with E-state index in [4.69, 9.17) is 32.7 Å². The second-order valence-electron chi connectivity index (χ2n) is 5.04. The smallest absolute Gasteiger partial charge is 0.215 e. The molecule has 0 bridgehead atoms. The van der Waals surface area contributed by atoms with E-state index < -0.39 is 5.79 Å². The van der Waals surface area contributed by atoms with E-state index in [0.717, 1.165) is 0 Å². The standard InChI is InChI=1S/C14H16Cl2N2O3/c15-10-1-2-12(13(16)5-10)14(8-18-4-3-17-9-18)20-7-11(6-19)21-14/h1-5,11,17,19H,6-9H2/t11-,14-/m1/s1. The van der Waals surface area contributed by atoms with Gasteiger partial charge in [0.2, 0.25) is 5.79 Å². The number of aliphatic hydroxyl groups excluding tert-OH is 1. The lowest BCUT2D eigenvalue weighted by Crippen LogP contribution is -2.41. The Hall–Kier alpha value is -0.980. The van der Waals surface area contributed by atoms with Crippen LogP contribution in [0.4, 0.5) is 0 Å². The molecule has 114 valence electrons. The summed E-state index contributed by atoms with van der Waals surface area (Å²) in [5, 5.41) is 13.5. The highest BCUT2D eigenvalue weighted by atomic mass is 35.5. The first kappa shape index (κ1) is 14.9. The molecule has 2 aliphatic rings. The van der Waals surface area contributed by atoms with E-state index >= 15 is 0 Å². The van der Waals surface area contributed by atoms with Gasteiger partial charge in [-0.2, -0.15) is 0 Å². The summed E-state index contributed by atoms with van der Waals surface area (Å²) in [5.41, 5.74) is 0.713. The Morgan fingerprint density at radius 2 is 2.29 bits per heavy atom. The molecule has 0 spiro atoms. The first-order valence-electron chi connectivity index (χ1n) is 6.65. The van der Waals surface area contributed by atoms with Crippen molar-refractivity contribution in [1.82, 2.24) is 10.2 Å². The predicted octanol–water partition coefficient (Wildman–Crippen LogP) is 1.89. The summed E-state index contributed by atoms with van der Waals surface area (Å²) in [6.45, 7) is 1.36. The van der Waals surface area contributed by atoms with Gasteiger partial charge in [-0.1, -0.05) is 29.3 Å². The molecule has 0 aromatic heterocycles. The normalized spacial score (nSPS) is 28.1. The van der Waals surface area contributed by atoms with E-state index in [2.05, 4.69) is 5.32 Å². The van der Waals surface area contributed by atoms with Gasteiger partial charge in [0.05, 0.1) is 31.4 Å². The maximum Gasteiger partial charge on any atom is 0.215 e. The molecule has 0 unspecified atom stereocenters. The summed E-state index contributed by atoms with van der Waals surface area (Å²) >= 11 is 12.3. The van der Waals surface area contributed by atoms with Crippen LogP contribution in [0.3, 0.4) is 0 Å². The molecule has 5 nitrogen and oxygen atoms in total. The van der Waals surface area contributed by atoms with Gasteiger partial charge < -0.3 is 24.8 Å². The zero-order valence-corrected chi connectivity index (χ0v) is 12.8. The van der Waals surface area contributed by atoms with Crippen LogP contribution in [-0.4, -0.2) is 42.5 Å². The van der Waals surface area contributed by atoms with E-state index in [9.17, 15) is 5.11 Å². The molecule has 2 atom stereocenters. The van der Waals surface area contributed by atoms with Crippen LogP contribution in [0, 0.1) is 0 Å². The van der Waals surface area contributed by atoms with Gasteiger partial charge in [-0.05, 0) is 12.1 Å². The molecule has 2 N–H and O–H groups in total. The molecule has 2 heterocycles. The largest absolute Gasteiger partial charge is 0.394 e. The van der Waals surface area contributed by atoms with Crippen molar-refractivity contribution in [2.75, 3.05) is 26.4 Å². The quantitative estimate of drug-likeness (QED) is 0.882. The Morgan fingerprint density at radius 1 is 1.43 bits per heavy atom. The fraction of sp³-hybridized carbons (Fsp3) is 0.429. The highest BCUT2D eigenvalue weighted by molar-refractivity contribution is 6.35. The molecule has 1 saturated heterocycles. The topological polar surface area (TPSA) is 54.0 Å². The molecule has 0 amide bonds. The summed E-state index contributed by atoms with van der Waals surface area (Å²) in [7, 11) is 0. The number of rotatable bonds is 4. The van der Waals surface area contributed by atoms with Crippen LogP contribution >= 0.6 is 23.2 Å². The van der Waals surface area contributed by atoms with E-state index in [1.54, 1.807) is 18.2 Å². The number of nitrogens with one attached hydrogen (secondary N) is 1. The summed E-state index contributed by atoms with van der Waals surface area (Å²) in [6.07, 6.45) is 3.41. The molecule has 0 aliphatic carbocycles. The lowest BCUT2D eigenvalue weighted by molar-refractivity contribution is -0.188. The van der Waals surface area contributed by atoms with Gasteiger partial charge >= 0.3 is 0 Å². The molecule has 1 fully saturated rings. The van der Waals surface area contributed by atoms with E-state index in [1.165, 1.54) is 0 Å². The lowest BCUT2D eigenvalue weighted by Gasteiger charge is -2.33. The molecule has 2 aliphatic heterocycles. The van der Waals surface area contributed by atoms with Crippen LogP contribution in [0.1, 0.15) is 5.56 Å². The van der Waals surface area contributed by atoms with Crippen LogP contribution in [-0.2, 0) is 15.3 Å². The van der Waals surface area contributed by atoms with E-state index in [1.807, 2.05) is 17.3 Å². The van der Waals surface area contributed by atoms with Crippen LogP contribution in [0.5, 0.6) is 0 Å². The van der Waals surface area contributed by atoms with Gasteiger partial charge in [-0.25, -0.2) is 0 Å². The molecular formula is C14H16Cl2N2O3. The van der Waals surface area contributed by atoms with Crippen molar-refractivity contribution in [3.05, 3.63) is 46.2 Å². The summed E-state index contributed by atoms with van der Waals surface area (Å²) in [5.74, 6) is -1.01. The maximum atomic E-state index is 9.32. The highest BCUT2D eigenvalue weighted by Crippen LogP contribution is 2.39. The van der Waals surface area contributed by atoms with Gasteiger partial charge in [-0.15, -0.1) is 0 Å². The van der Waals surface area contributed by atoms with Crippen molar-refractivity contribution < 1.29 is 14.6 Å². The fourth-order valence-corrected chi connectivity index (χ4v) is 3.07. The third kappa shape index (κ3) is 2.98. The van der Waals surface area contributed by atoms with Gasteiger partial charge in [-0.3, -0.25) is 0 Å². The summed E-state index contributed by atoms with van der Waals surface area (Å²) in [6, 6.07) is 5.22. The average molecular weight is 331 g/mol. The minimum absolute atomic E-state index is 0.0962. The number of aliphatic hydroxyl groups is 1. The molecule has 0 saturated carbocycles. The van der Waals surface area contributed by atoms with E-state index in [0.29, 0.717) is 35.4 Å². The van der Waals surface area contributed by atoms with Crippen molar-refractivity contribution in [2.24, 2.45) is 0 Å². The number of halogens is 2. The number of nitrogens with zero attached hydrogens (tertiary/aromatic N) is 1. The minimum Gasteiger partial charge on any atom is -0.394 e. The Bertz CT molecular complexity index is 555. The van der Waals surface area contributed by atoms with Crippen LogP contribution in [0.2, 0.25) is 10.0 Å². The van der Waals surface area contributed by atoms with Gasteiger partial charge in [0, 0.05) is 23.0 Å². The highest BCUT2D eigenvalue weighted by Gasteiger charge is 2.45. The Balaban J connectivity index is 1.93. The molecule has 7 heteroatoms. The van der Waals surface area contributed by atoms with Crippen LogP contribution in [0.15, 0.2) is 30.6 Å². The lowest BCUT2D eigenvalue weighted by atomic mass is 10.1. The average Bonchev–Trinajstić information content (AvgIpc) is 3.09. The Labute approximate surface area is 133 Å². The van der Waals surface area contributed by atoms with Crippen molar-refractivity contribution in [2.45, 2.75) is 11.9 Å². The first-order valence-corrected chi connectivity index (χ1v) is 7.41. The number of benzene rings is 1. The summed E-state index contributed by atoms with van der Waals surface area (Å²) < 4.78 is 11.9. The van der Waals surface area contributed by atoms with E-state index in [-0.39, 0.29) is 12.7 Å². The fourth-order valence-electron chi connectivity index (χ4n) is 2.52. The Kier molecular flexibility index (Phi) is 4.28. The van der Waals surface area contributed by atoms with Gasteiger partial charge in [0.25, 0.3) is 0 Å². The monoisotopic (exact) mass is 330 g/mol. The van der Waals surface area contributed by atoms with Gasteiger partial charge in [0.1, 0.15) is 6.10 Å². The third-order valence-corrected chi connectivity index (χ3v) is 4.06. The molecule has 0 radical (unpaired) electrons. The molecular weight excluding hydrogens is 315 g/mol. The molecule has 1 aromatic carbocycles. The Morgan fingerprint density at radius 3 is 2.90 bits per heavy atom. The van der Waals surface area contributed by atoms with Crippen molar-refractivity contribution in [1.29, 1.82) is 0 Å². The first-order chi connectivity index (χ1) is 10.1. The number of ether oxygens (including phenoxy) is 2. The number of hydrogen-bond donors (Lipinski definition) is 2. The van der Waals surface area contributed by atoms with Crippen molar-refractivity contribution >= 4 is 23.2 Å². The predicted molar refractivity (Wildman–Crippen MR) is 79.9 cm³/mol.